The van der Waals surface area contributed by atoms with E-state index in [1.54, 1.807) is 0 Å². The lowest BCUT2D eigenvalue weighted by Gasteiger charge is -2.10. The maximum Gasteiger partial charge on any atom is 0.162 e. The molecule has 0 unspecified atom stereocenters. The maximum atomic E-state index is 11.8. The average Bonchev–Trinajstić information content (AvgIpc) is 2.47. The molecule has 2 nitrogen and oxygen atoms in total. The first-order chi connectivity index (χ1) is 9.26. The Morgan fingerprint density at radius 1 is 1.05 bits per heavy atom. The van der Waals surface area contributed by atoms with Crippen LogP contribution in [0.2, 0.25) is 0 Å². The van der Waals surface area contributed by atoms with Crippen molar-refractivity contribution in [3.05, 3.63) is 54.1 Å². The third-order valence-electron chi connectivity index (χ3n) is 3.00. The Kier molecular flexibility index (Phi) is 4.35. The van der Waals surface area contributed by atoms with Crippen molar-refractivity contribution in [1.82, 2.24) is 0 Å². The van der Waals surface area contributed by atoms with Gasteiger partial charge in [0.05, 0.1) is 6.61 Å². The SMILES string of the molecule is CCOc1ccccc1-c1cccc(C(=O)CC)c1. The monoisotopic (exact) mass is 254 g/mol. The number of rotatable bonds is 5. The summed E-state index contributed by atoms with van der Waals surface area (Å²) < 4.78 is 5.63. The molecule has 19 heavy (non-hydrogen) atoms. The largest absolute Gasteiger partial charge is 0.493 e. The number of ether oxygens (including phenoxy) is 1. The second-order valence-corrected chi connectivity index (χ2v) is 4.29. The average molecular weight is 254 g/mol. The Labute approximate surface area is 114 Å². The van der Waals surface area contributed by atoms with Crippen LogP contribution in [0.1, 0.15) is 30.6 Å². The van der Waals surface area contributed by atoms with Gasteiger partial charge in [-0.1, -0.05) is 43.3 Å². The summed E-state index contributed by atoms with van der Waals surface area (Å²) in [7, 11) is 0. The number of benzene rings is 2. The normalized spacial score (nSPS) is 10.2. The third kappa shape index (κ3) is 3.02. The Bertz CT molecular complexity index is 573. The summed E-state index contributed by atoms with van der Waals surface area (Å²) in [6.07, 6.45) is 0.524. The Hall–Kier alpha value is -2.09. The van der Waals surface area contributed by atoms with Crippen molar-refractivity contribution in [2.45, 2.75) is 20.3 Å². The molecule has 0 spiro atoms. The molecule has 0 aromatic heterocycles. The van der Waals surface area contributed by atoms with Crippen molar-refractivity contribution in [1.29, 1.82) is 0 Å². The number of para-hydroxylation sites is 1. The van der Waals surface area contributed by atoms with E-state index in [1.165, 1.54) is 0 Å². The fourth-order valence-corrected chi connectivity index (χ4v) is 2.05. The number of hydrogen-bond donors (Lipinski definition) is 0. The van der Waals surface area contributed by atoms with Gasteiger partial charge in [0.15, 0.2) is 5.78 Å². The van der Waals surface area contributed by atoms with E-state index in [2.05, 4.69) is 0 Å². The molecule has 0 aliphatic carbocycles. The lowest BCUT2D eigenvalue weighted by molar-refractivity contribution is 0.0988. The van der Waals surface area contributed by atoms with Gasteiger partial charge in [-0.25, -0.2) is 0 Å². The van der Waals surface area contributed by atoms with Crippen LogP contribution >= 0.6 is 0 Å². The van der Waals surface area contributed by atoms with Crippen LogP contribution in [0.25, 0.3) is 11.1 Å². The molecule has 98 valence electrons. The molecular formula is C17H18O2. The van der Waals surface area contributed by atoms with Crippen molar-refractivity contribution in [3.63, 3.8) is 0 Å². The van der Waals surface area contributed by atoms with Gasteiger partial charge in [-0.3, -0.25) is 4.79 Å². The smallest absolute Gasteiger partial charge is 0.162 e. The van der Waals surface area contributed by atoms with E-state index in [0.717, 1.165) is 22.4 Å². The lowest BCUT2D eigenvalue weighted by Crippen LogP contribution is -1.97. The van der Waals surface area contributed by atoms with Crippen molar-refractivity contribution in [2.75, 3.05) is 6.61 Å². The highest BCUT2D eigenvalue weighted by molar-refractivity contribution is 5.97. The Morgan fingerprint density at radius 2 is 1.84 bits per heavy atom. The highest BCUT2D eigenvalue weighted by Crippen LogP contribution is 2.30. The van der Waals surface area contributed by atoms with E-state index < -0.39 is 0 Å². The molecule has 0 aliphatic rings. The van der Waals surface area contributed by atoms with Gasteiger partial charge in [-0.05, 0) is 24.6 Å². The third-order valence-corrected chi connectivity index (χ3v) is 3.00. The van der Waals surface area contributed by atoms with Crippen LogP contribution in [-0.2, 0) is 0 Å². The molecule has 0 saturated heterocycles. The van der Waals surface area contributed by atoms with Crippen LogP contribution < -0.4 is 4.74 Å². The molecule has 2 rings (SSSR count). The van der Waals surface area contributed by atoms with E-state index in [-0.39, 0.29) is 5.78 Å². The van der Waals surface area contributed by atoms with Gasteiger partial charge in [0.25, 0.3) is 0 Å². The minimum atomic E-state index is 0.163. The Balaban J connectivity index is 2.44. The van der Waals surface area contributed by atoms with Crippen LogP contribution in [0.5, 0.6) is 5.75 Å². The van der Waals surface area contributed by atoms with Crippen molar-refractivity contribution in [2.24, 2.45) is 0 Å². The molecular weight excluding hydrogens is 236 g/mol. The summed E-state index contributed by atoms with van der Waals surface area (Å²) in [6.45, 7) is 4.47. The molecule has 0 bridgehead atoms. The quantitative estimate of drug-likeness (QED) is 0.742. The minimum Gasteiger partial charge on any atom is -0.493 e. The van der Waals surface area contributed by atoms with Crippen molar-refractivity contribution >= 4 is 5.78 Å². The molecule has 0 saturated carbocycles. The molecule has 0 fully saturated rings. The standard InChI is InChI=1S/C17H18O2/c1-3-16(18)14-9-7-8-13(12-14)15-10-5-6-11-17(15)19-4-2/h5-12H,3-4H2,1-2H3. The zero-order chi connectivity index (χ0) is 13.7. The topological polar surface area (TPSA) is 26.3 Å². The van der Waals surface area contributed by atoms with Gasteiger partial charge >= 0.3 is 0 Å². The van der Waals surface area contributed by atoms with Crippen molar-refractivity contribution in [3.8, 4) is 16.9 Å². The lowest BCUT2D eigenvalue weighted by atomic mass is 10.00. The Morgan fingerprint density at radius 3 is 2.58 bits per heavy atom. The molecule has 0 aliphatic heterocycles. The second-order valence-electron chi connectivity index (χ2n) is 4.29. The van der Waals surface area contributed by atoms with Gasteiger partial charge in [0.2, 0.25) is 0 Å². The molecule has 2 aromatic rings. The molecule has 0 atom stereocenters. The number of ketones is 1. The van der Waals surface area contributed by atoms with Crippen LogP contribution in [0.3, 0.4) is 0 Å². The van der Waals surface area contributed by atoms with Gasteiger partial charge in [-0.2, -0.15) is 0 Å². The fourth-order valence-electron chi connectivity index (χ4n) is 2.05. The zero-order valence-electron chi connectivity index (χ0n) is 11.3. The molecule has 0 radical (unpaired) electrons. The summed E-state index contributed by atoms with van der Waals surface area (Å²) in [5.41, 5.74) is 2.80. The molecule has 0 amide bonds. The molecule has 0 heterocycles. The van der Waals surface area contributed by atoms with E-state index in [1.807, 2.05) is 62.4 Å². The summed E-state index contributed by atoms with van der Waals surface area (Å²) >= 11 is 0. The highest BCUT2D eigenvalue weighted by atomic mass is 16.5. The highest BCUT2D eigenvalue weighted by Gasteiger charge is 2.08. The summed E-state index contributed by atoms with van der Waals surface area (Å²) in [5.74, 6) is 1.02. The number of hydrogen-bond acceptors (Lipinski definition) is 2. The van der Waals surface area contributed by atoms with Gasteiger partial charge < -0.3 is 4.74 Å². The second kappa shape index (κ2) is 6.19. The number of carbonyl (C=O) groups is 1. The van der Waals surface area contributed by atoms with Crippen LogP contribution in [0, 0.1) is 0 Å². The summed E-state index contributed by atoms with van der Waals surface area (Å²) in [6, 6.07) is 15.6. The fraction of sp³-hybridized carbons (Fsp3) is 0.235. The molecule has 0 N–H and O–H groups in total. The first kappa shape index (κ1) is 13.3. The predicted molar refractivity (Wildman–Crippen MR) is 77.7 cm³/mol. The molecule has 2 heteroatoms. The number of carbonyl (C=O) groups excluding carboxylic acids is 1. The van der Waals surface area contributed by atoms with Crippen LogP contribution in [0.15, 0.2) is 48.5 Å². The predicted octanol–water partition coefficient (Wildman–Crippen LogP) is 4.35. The van der Waals surface area contributed by atoms with Gasteiger partial charge in [0.1, 0.15) is 5.75 Å². The molecule has 2 aromatic carbocycles. The first-order valence-electron chi connectivity index (χ1n) is 6.61. The summed E-state index contributed by atoms with van der Waals surface area (Å²) in [5, 5.41) is 0. The van der Waals surface area contributed by atoms with E-state index >= 15 is 0 Å². The minimum absolute atomic E-state index is 0.163. The van der Waals surface area contributed by atoms with E-state index in [0.29, 0.717) is 13.0 Å². The number of Topliss-reactive ketones (excluding diaryl/α,β-unsaturated/α-hetero) is 1. The zero-order valence-corrected chi connectivity index (χ0v) is 11.3. The van der Waals surface area contributed by atoms with E-state index in [9.17, 15) is 4.79 Å². The van der Waals surface area contributed by atoms with Gasteiger partial charge in [0, 0.05) is 17.5 Å². The van der Waals surface area contributed by atoms with E-state index in [4.69, 9.17) is 4.74 Å². The first-order valence-corrected chi connectivity index (χ1v) is 6.61. The van der Waals surface area contributed by atoms with Crippen LogP contribution in [0.4, 0.5) is 0 Å². The van der Waals surface area contributed by atoms with Crippen molar-refractivity contribution < 1.29 is 9.53 Å². The van der Waals surface area contributed by atoms with Gasteiger partial charge in [-0.15, -0.1) is 0 Å². The summed E-state index contributed by atoms with van der Waals surface area (Å²) in [4.78, 5) is 11.8. The van der Waals surface area contributed by atoms with Crippen LogP contribution in [-0.4, -0.2) is 12.4 Å². The maximum absolute atomic E-state index is 11.8.